The Hall–Kier alpha value is -2.70. The highest BCUT2D eigenvalue weighted by atomic mass is 35.5. The second-order valence-electron chi connectivity index (χ2n) is 7.36. The quantitative estimate of drug-likeness (QED) is 0.505. The maximum absolute atomic E-state index is 13.3. The van der Waals surface area contributed by atoms with E-state index in [1.54, 1.807) is 37.7 Å². The summed E-state index contributed by atoms with van der Waals surface area (Å²) in [4.78, 5) is 16.3. The second kappa shape index (κ2) is 9.20. The zero-order valence-electron chi connectivity index (χ0n) is 17.7. The number of benzene rings is 2. The lowest BCUT2D eigenvalue weighted by atomic mass is 9.90. The number of amides is 1. The number of ether oxygens (including phenoxy) is 3. The fourth-order valence-electron chi connectivity index (χ4n) is 3.97. The van der Waals surface area contributed by atoms with Gasteiger partial charge >= 0.3 is 0 Å². The monoisotopic (exact) mass is 457 g/mol. The van der Waals surface area contributed by atoms with Crippen LogP contribution in [-0.4, -0.2) is 38.2 Å². The Morgan fingerprint density at radius 2 is 1.90 bits per heavy atom. The van der Waals surface area contributed by atoms with Crippen LogP contribution in [0.3, 0.4) is 0 Å². The van der Waals surface area contributed by atoms with Gasteiger partial charge in [-0.25, -0.2) is 0 Å². The molecule has 0 saturated carbocycles. The summed E-state index contributed by atoms with van der Waals surface area (Å²) in [5.74, 6) is 1.96. The standard InChI is InChI=1S/C24H24ClNO4S/c1-15-11-17(25)6-7-19(15)30-14-23(27)26-9-8-16-12-20(28-2)21(29-3)13-18(16)24(26)22-5-4-10-31-22/h4-7,10-13,24H,8-9,14H2,1-3H3/t24-/m0/s1. The average Bonchev–Trinajstić information content (AvgIpc) is 3.31. The third-order valence-corrected chi connectivity index (χ3v) is 6.65. The molecule has 0 saturated heterocycles. The Morgan fingerprint density at radius 1 is 1.13 bits per heavy atom. The summed E-state index contributed by atoms with van der Waals surface area (Å²) < 4.78 is 16.9. The Morgan fingerprint density at radius 3 is 2.58 bits per heavy atom. The van der Waals surface area contributed by atoms with Crippen molar-refractivity contribution in [1.29, 1.82) is 0 Å². The number of hydrogen-bond acceptors (Lipinski definition) is 5. The van der Waals surface area contributed by atoms with Gasteiger partial charge in [0.1, 0.15) is 5.75 Å². The molecule has 3 aromatic rings. The van der Waals surface area contributed by atoms with Gasteiger partial charge in [-0.05, 0) is 71.8 Å². The topological polar surface area (TPSA) is 48.0 Å². The van der Waals surface area contributed by atoms with Crippen molar-refractivity contribution in [2.75, 3.05) is 27.4 Å². The van der Waals surface area contributed by atoms with Crippen molar-refractivity contribution >= 4 is 28.8 Å². The minimum absolute atomic E-state index is 0.0348. The van der Waals surface area contributed by atoms with E-state index in [2.05, 4.69) is 6.07 Å². The van der Waals surface area contributed by atoms with Crippen LogP contribution >= 0.6 is 22.9 Å². The molecule has 0 aliphatic carbocycles. The van der Waals surface area contributed by atoms with Crippen molar-refractivity contribution < 1.29 is 19.0 Å². The van der Waals surface area contributed by atoms with Crippen LogP contribution in [-0.2, 0) is 11.2 Å². The van der Waals surface area contributed by atoms with E-state index in [1.807, 2.05) is 41.5 Å². The van der Waals surface area contributed by atoms with Gasteiger partial charge in [-0.3, -0.25) is 4.79 Å². The van der Waals surface area contributed by atoms with Crippen LogP contribution in [0.15, 0.2) is 47.8 Å². The van der Waals surface area contributed by atoms with E-state index in [0.717, 1.165) is 28.0 Å². The molecule has 2 heterocycles. The summed E-state index contributed by atoms with van der Waals surface area (Å²) in [6.07, 6.45) is 0.739. The number of rotatable bonds is 6. The number of carbonyl (C=O) groups is 1. The normalized spacial score (nSPS) is 15.4. The molecule has 2 aromatic carbocycles. The minimum Gasteiger partial charge on any atom is -0.493 e. The number of fused-ring (bicyclic) bond motifs is 1. The SMILES string of the molecule is COc1cc2c(cc1OC)[C@@H](c1cccs1)N(C(=O)COc1ccc(Cl)cc1C)CC2. The molecule has 0 spiro atoms. The van der Waals surface area contributed by atoms with E-state index in [9.17, 15) is 4.79 Å². The van der Waals surface area contributed by atoms with Crippen molar-refractivity contribution in [3.05, 3.63) is 74.4 Å². The number of methoxy groups -OCH3 is 2. The molecule has 1 aliphatic heterocycles. The highest BCUT2D eigenvalue weighted by Gasteiger charge is 2.34. The van der Waals surface area contributed by atoms with Gasteiger partial charge in [0, 0.05) is 16.4 Å². The molecule has 0 bridgehead atoms. The number of nitrogens with zero attached hydrogens (tertiary/aromatic N) is 1. The highest BCUT2D eigenvalue weighted by Crippen LogP contribution is 2.42. The van der Waals surface area contributed by atoms with Gasteiger partial charge in [0.2, 0.25) is 0 Å². The molecule has 1 aromatic heterocycles. The second-order valence-corrected chi connectivity index (χ2v) is 8.78. The predicted octanol–water partition coefficient (Wildman–Crippen LogP) is 5.28. The van der Waals surface area contributed by atoms with Crippen molar-refractivity contribution in [2.45, 2.75) is 19.4 Å². The number of aryl methyl sites for hydroxylation is 1. The van der Waals surface area contributed by atoms with Gasteiger partial charge in [-0.2, -0.15) is 0 Å². The third kappa shape index (κ3) is 4.36. The lowest BCUT2D eigenvalue weighted by Gasteiger charge is -2.37. The number of thiophene rings is 1. The molecule has 5 nitrogen and oxygen atoms in total. The maximum atomic E-state index is 13.3. The Labute approximate surface area is 191 Å². The number of hydrogen-bond donors (Lipinski definition) is 0. The third-order valence-electron chi connectivity index (χ3n) is 5.49. The van der Waals surface area contributed by atoms with E-state index in [1.165, 1.54) is 0 Å². The molecule has 162 valence electrons. The predicted molar refractivity (Wildman–Crippen MR) is 123 cm³/mol. The minimum atomic E-state index is -0.189. The van der Waals surface area contributed by atoms with Crippen molar-refractivity contribution in [3.63, 3.8) is 0 Å². The van der Waals surface area contributed by atoms with Crippen LogP contribution < -0.4 is 14.2 Å². The van der Waals surface area contributed by atoms with E-state index in [0.29, 0.717) is 28.8 Å². The first kappa shape index (κ1) is 21.5. The molecule has 0 radical (unpaired) electrons. The Kier molecular flexibility index (Phi) is 6.39. The summed E-state index contributed by atoms with van der Waals surface area (Å²) in [5.41, 5.74) is 3.12. The zero-order chi connectivity index (χ0) is 22.0. The Bertz CT molecular complexity index is 1080. The van der Waals surface area contributed by atoms with Gasteiger partial charge < -0.3 is 19.1 Å². The summed E-state index contributed by atoms with van der Waals surface area (Å²) >= 11 is 7.66. The van der Waals surface area contributed by atoms with Crippen LogP contribution in [0.5, 0.6) is 17.2 Å². The van der Waals surface area contributed by atoms with Crippen molar-refractivity contribution in [1.82, 2.24) is 4.90 Å². The van der Waals surface area contributed by atoms with Crippen molar-refractivity contribution in [3.8, 4) is 17.2 Å². The Balaban J connectivity index is 1.64. The number of carbonyl (C=O) groups excluding carboxylic acids is 1. The molecule has 4 rings (SSSR count). The molecular weight excluding hydrogens is 434 g/mol. The van der Waals surface area contributed by atoms with Gasteiger partial charge in [0.05, 0.1) is 20.3 Å². The summed E-state index contributed by atoms with van der Waals surface area (Å²) in [6, 6.07) is 13.3. The summed E-state index contributed by atoms with van der Waals surface area (Å²) in [6.45, 7) is 2.48. The van der Waals surface area contributed by atoms with Gasteiger partial charge in [0.15, 0.2) is 18.1 Å². The first-order valence-electron chi connectivity index (χ1n) is 9.98. The molecule has 1 atom stereocenters. The van der Waals surface area contributed by atoms with E-state index in [4.69, 9.17) is 25.8 Å². The lowest BCUT2D eigenvalue weighted by molar-refractivity contribution is -0.135. The average molecular weight is 458 g/mol. The van der Waals surface area contributed by atoms with Crippen molar-refractivity contribution in [2.24, 2.45) is 0 Å². The highest BCUT2D eigenvalue weighted by molar-refractivity contribution is 7.10. The fourth-order valence-corrected chi connectivity index (χ4v) is 5.05. The van der Waals surface area contributed by atoms with Crippen LogP contribution in [0.2, 0.25) is 5.02 Å². The van der Waals surface area contributed by atoms with Gasteiger partial charge in [-0.1, -0.05) is 17.7 Å². The van der Waals surface area contributed by atoms with Crippen LogP contribution in [0.25, 0.3) is 0 Å². The van der Waals surface area contributed by atoms with Gasteiger partial charge in [0.25, 0.3) is 5.91 Å². The first-order valence-corrected chi connectivity index (χ1v) is 11.2. The first-order chi connectivity index (χ1) is 15.0. The van der Waals surface area contributed by atoms with Crippen LogP contribution in [0, 0.1) is 6.92 Å². The molecule has 1 aliphatic rings. The van der Waals surface area contributed by atoms with Gasteiger partial charge in [-0.15, -0.1) is 11.3 Å². The molecular formula is C24H24ClNO4S. The largest absolute Gasteiger partial charge is 0.493 e. The summed E-state index contributed by atoms with van der Waals surface area (Å²) in [7, 11) is 3.26. The molecule has 0 fully saturated rings. The van der Waals surface area contributed by atoms with E-state index < -0.39 is 0 Å². The summed E-state index contributed by atoms with van der Waals surface area (Å²) in [5, 5.41) is 2.67. The molecule has 7 heteroatoms. The fraction of sp³-hybridized carbons (Fsp3) is 0.292. The van der Waals surface area contributed by atoms with E-state index in [-0.39, 0.29) is 18.6 Å². The maximum Gasteiger partial charge on any atom is 0.261 e. The van der Waals surface area contributed by atoms with Crippen LogP contribution in [0.4, 0.5) is 0 Å². The molecule has 0 unspecified atom stereocenters. The molecule has 1 amide bonds. The smallest absolute Gasteiger partial charge is 0.261 e. The lowest BCUT2D eigenvalue weighted by Crippen LogP contribution is -2.42. The molecule has 31 heavy (non-hydrogen) atoms. The van der Waals surface area contributed by atoms with Crippen LogP contribution in [0.1, 0.15) is 27.6 Å². The number of halogens is 1. The zero-order valence-corrected chi connectivity index (χ0v) is 19.3. The van der Waals surface area contributed by atoms with E-state index >= 15 is 0 Å². The molecule has 0 N–H and O–H groups in total.